The number of nitrogens with one attached hydrogen (secondary N) is 4. The lowest BCUT2D eigenvalue weighted by atomic mass is 10.0. The monoisotopic (exact) mass is 682 g/mol. The minimum absolute atomic E-state index is 0.273. The van der Waals surface area contributed by atoms with E-state index in [2.05, 4.69) is 14.8 Å². The number of ether oxygens (including phenoxy) is 2. The number of esters is 2. The van der Waals surface area contributed by atoms with Crippen LogP contribution in [0.2, 0.25) is 0 Å². The van der Waals surface area contributed by atoms with Gasteiger partial charge in [0.1, 0.15) is 24.2 Å². The number of rotatable bonds is 14. The molecule has 1 aromatic carbocycles. The van der Waals surface area contributed by atoms with E-state index >= 15 is 0 Å². The summed E-state index contributed by atoms with van der Waals surface area (Å²) < 4.78 is 123. The number of carbonyl (C=O) groups is 6. The van der Waals surface area contributed by atoms with Gasteiger partial charge in [-0.05, 0) is 25.3 Å². The Hall–Kier alpha value is -4.59. The third-order valence-corrected chi connectivity index (χ3v) is 5.75. The van der Waals surface area contributed by atoms with Gasteiger partial charge in [-0.25, -0.2) is 9.59 Å². The first-order valence-electron chi connectivity index (χ1n) is 12.8. The van der Waals surface area contributed by atoms with Crippen LogP contribution in [-0.2, 0) is 44.7 Å². The summed E-state index contributed by atoms with van der Waals surface area (Å²) in [5, 5.41) is 6.40. The van der Waals surface area contributed by atoms with Crippen LogP contribution >= 0.6 is 0 Å². The summed E-state index contributed by atoms with van der Waals surface area (Å²) in [4.78, 5) is 72.4. The Morgan fingerprint density at radius 2 is 1.30 bits per heavy atom. The molecule has 0 heterocycles. The summed E-state index contributed by atoms with van der Waals surface area (Å²) in [7, 11) is 0.921. The van der Waals surface area contributed by atoms with Crippen molar-refractivity contribution in [3.05, 3.63) is 35.9 Å². The number of halogens is 9. The van der Waals surface area contributed by atoms with Gasteiger partial charge in [-0.1, -0.05) is 30.3 Å². The van der Waals surface area contributed by atoms with Crippen LogP contribution in [0.25, 0.3) is 0 Å². The lowest BCUT2D eigenvalue weighted by Gasteiger charge is -2.28. The van der Waals surface area contributed by atoms with Crippen molar-refractivity contribution in [2.45, 2.75) is 68.9 Å². The van der Waals surface area contributed by atoms with E-state index in [1.54, 1.807) is 23.5 Å². The Bertz CT molecular complexity index is 1240. The number of methoxy groups -OCH3 is 1. The molecule has 0 aliphatic heterocycles. The molecular weight excluding hydrogens is 655 g/mol. The van der Waals surface area contributed by atoms with Crippen molar-refractivity contribution in [1.82, 2.24) is 21.3 Å². The normalized spacial score (nSPS) is 14.5. The highest BCUT2D eigenvalue weighted by atomic mass is 19.4. The smallest absolute Gasteiger partial charge is 0.467 e. The van der Waals surface area contributed by atoms with Crippen LogP contribution in [0.3, 0.4) is 0 Å². The average Bonchev–Trinajstić information content (AvgIpc) is 2.94. The van der Waals surface area contributed by atoms with Gasteiger partial charge in [0.2, 0.25) is 11.8 Å². The molecule has 0 aliphatic carbocycles. The first kappa shape index (κ1) is 39.4. The molecule has 12 nitrogen and oxygen atoms in total. The van der Waals surface area contributed by atoms with Crippen LogP contribution in [0.5, 0.6) is 0 Å². The summed E-state index contributed by atoms with van der Waals surface area (Å²) in [5.74, 6) is -12.3. The molecule has 0 aromatic heterocycles. The molecule has 4 amide bonds. The molecule has 0 unspecified atom stereocenters. The van der Waals surface area contributed by atoms with Crippen molar-refractivity contribution < 1.29 is 77.8 Å². The minimum atomic E-state index is -5.61. The molecule has 0 fully saturated rings. The predicted octanol–water partition coefficient (Wildman–Crippen LogP) is 1.37. The van der Waals surface area contributed by atoms with Crippen LogP contribution in [0, 0.1) is 0 Å². The molecule has 0 spiro atoms. The lowest BCUT2D eigenvalue weighted by Crippen LogP contribution is -2.60. The number of hydrogen-bond donors (Lipinski definition) is 4. The second-order valence-electron chi connectivity index (χ2n) is 9.29. The van der Waals surface area contributed by atoms with Gasteiger partial charge in [-0.15, -0.1) is 0 Å². The van der Waals surface area contributed by atoms with E-state index in [0.29, 0.717) is 12.5 Å². The zero-order chi connectivity index (χ0) is 35.5. The highest BCUT2D eigenvalue weighted by molar-refractivity contribution is 5.94. The topological polar surface area (TPSA) is 169 Å². The maximum Gasteiger partial charge on any atom is 0.490 e. The first-order chi connectivity index (χ1) is 21.1. The third-order valence-electron chi connectivity index (χ3n) is 5.75. The highest BCUT2D eigenvalue weighted by Crippen LogP contribution is 2.19. The Morgan fingerprint density at radius 1 is 0.739 bits per heavy atom. The van der Waals surface area contributed by atoms with Crippen LogP contribution in [0.4, 0.5) is 39.5 Å². The predicted molar refractivity (Wildman–Crippen MR) is 134 cm³/mol. The SMILES string of the molecule is COC(=O)[C@H](Cc1ccccc1)NC(=O)[C@H](NC(=O)[C@H](CCCNC(=O)C(F)(F)F)NC(=O)C(F)(F)F)[C@@H](C)OC(=O)C(F)(F)F. The van der Waals surface area contributed by atoms with E-state index in [0.717, 1.165) is 7.11 Å². The molecule has 0 saturated heterocycles. The molecular formula is C25H27F9N4O8. The minimum Gasteiger partial charge on any atom is -0.467 e. The molecule has 4 N–H and O–H groups in total. The van der Waals surface area contributed by atoms with Crippen LogP contribution < -0.4 is 21.3 Å². The zero-order valence-electron chi connectivity index (χ0n) is 23.7. The van der Waals surface area contributed by atoms with Crippen LogP contribution in [-0.4, -0.2) is 92.0 Å². The van der Waals surface area contributed by atoms with Crippen molar-refractivity contribution in [3.63, 3.8) is 0 Å². The summed E-state index contributed by atoms with van der Waals surface area (Å²) >= 11 is 0. The molecule has 1 aromatic rings. The Morgan fingerprint density at radius 3 is 1.80 bits per heavy atom. The Balaban J connectivity index is 3.32. The van der Waals surface area contributed by atoms with Gasteiger partial charge in [-0.3, -0.25) is 19.2 Å². The molecule has 1 rings (SSSR count). The number of benzene rings is 1. The van der Waals surface area contributed by atoms with Crippen molar-refractivity contribution in [2.24, 2.45) is 0 Å². The van der Waals surface area contributed by atoms with E-state index in [9.17, 15) is 68.3 Å². The number of carbonyl (C=O) groups excluding carboxylic acids is 6. The summed E-state index contributed by atoms with van der Waals surface area (Å²) in [6, 6.07) is 1.50. The van der Waals surface area contributed by atoms with E-state index in [1.807, 2.05) is 0 Å². The van der Waals surface area contributed by atoms with Crippen molar-refractivity contribution in [3.8, 4) is 0 Å². The second kappa shape index (κ2) is 16.6. The van der Waals surface area contributed by atoms with Gasteiger partial charge in [0, 0.05) is 13.0 Å². The number of alkyl halides is 9. The van der Waals surface area contributed by atoms with Crippen molar-refractivity contribution >= 4 is 35.6 Å². The lowest BCUT2D eigenvalue weighted by molar-refractivity contribution is -0.205. The largest absolute Gasteiger partial charge is 0.490 e. The molecule has 0 bridgehead atoms. The number of amides is 4. The second-order valence-corrected chi connectivity index (χ2v) is 9.29. The molecule has 21 heteroatoms. The molecule has 46 heavy (non-hydrogen) atoms. The third kappa shape index (κ3) is 13.2. The Labute approximate surface area is 253 Å². The fourth-order valence-electron chi connectivity index (χ4n) is 3.52. The van der Waals surface area contributed by atoms with Gasteiger partial charge < -0.3 is 30.7 Å². The van der Waals surface area contributed by atoms with E-state index in [-0.39, 0.29) is 6.42 Å². The first-order valence-corrected chi connectivity index (χ1v) is 12.8. The quantitative estimate of drug-likeness (QED) is 0.130. The summed E-state index contributed by atoms with van der Waals surface area (Å²) in [6.07, 6.45) is -20.6. The summed E-state index contributed by atoms with van der Waals surface area (Å²) in [6.45, 7) is -0.192. The molecule has 258 valence electrons. The highest BCUT2D eigenvalue weighted by Gasteiger charge is 2.45. The molecule has 0 aliphatic rings. The maximum atomic E-state index is 13.2. The van der Waals surface area contributed by atoms with Crippen molar-refractivity contribution in [1.29, 1.82) is 0 Å². The van der Waals surface area contributed by atoms with E-state index < -0.39 is 97.7 Å². The standard InChI is InChI=1S/C25H27F9N4O8/c1-12(46-22(44)25(32,33)34)16(18(40)36-15(19(41)45-2)11-13-7-4-3-5-8-13)38-17(39)14(37-21(43)24(29,30)31)9-6-10-35-20(42)23(26,27)28/h3-5,7-8,12,14-16H,6,9-11H2,1-2H3,(H,35,42)(H,36,40)(H,37,43)(H,38,39)/t12-,14+,15+,16-/m1/s1. The fourth-order valence-corrected chi connectivity index (χ4v) is 3.52. The molecule has 4 atom stereocenters. The average molecular weight is 682 g/mol. The van der Waals surface area contributed by atoms with Gasteiger partial charge in [0.25, 0.3) is 0 Å². The van der Waals surface area contributed by atoms with Gasteiger partial charge >= 0.3 is 42.3 Å². The fraction of sp³-hybridized carbons (Fsp3) is 0.520. The molecule has 0 saturated carbocycles. The maximum absolute atomic E-state index is 13.2. The van der Waals surface area contributed by atoms with E-state index in [4.69, 9.17) is 0 Å². The van der Waals surface area contributed by atoms with Crippen LogP contribution in [0.1, 0.15) is 25.3 Å². The van der Waals surface area contributed by atoms with Gasteiger partial charge in [-0.2, -0.15) is 39.5 Å². The zero-order valence-corrected chi connectivity index (χ0v) is 23.7. The van der Waals surface area contributed by atoms with Gasteiger partial charge in [0.05, 0.1) is 7.11 Å². The van der Waals surface area contributed by atoms with Gasteiger partial charge in [0.15, 0.2) is 0 Å². The van der Waals surface area contributed by atoms with Crippen LogP contribution in [0.15, 0.2) is 30.3 Å². The Kier molecular flexibility index (Phi) is 14.3. The van der Waals surface area contributed by atoms with E-state index in [1.165, 1.54) is 22.8 Å². The summed E-state index contributed by atoms with van der Waals surface area (Å²) in [5.41, 5.74) is 0.433. The number of hydrogen-bond acceptors (Lipinski definition) is 8. The molecule has 0 radical (unpaired) electrons. The van der Waals surface area contributed by atoms with Crippen molar-refractivity contribution in [2.75, 3.05) is 13.7 Å².